The van der Waals surface area contributed by atoms with E-state index in [1.807, 2.05) is 13.0 Å². The van der Waals surface area contributed by atoms with Crippen LogP contribution in [0.2, 0.25) is 0 Å². The number of carbonyl (C=O) groups excluding carboxylic acids is 1. The predicted molar refractivity (Wildman–Crippen MR) is 86.5 cm³/mol. The number of halogens is 1. The number of aliphatic hydroxyl groups is 1. The van der Waals surface area contributed by atoms with Crippen LogP contribution in [-0.2, 0) is 4.79 Å². The predicted octanol–water partition coefficient (Wildman–Crippen LogP) is 2.13. The summed E-state index contributed by atoms with van der Waals surface area (Å²) in [5.74, 6) is -0.227. The number of aromatic nitrogens is 1. The third-order valence-electron chi connectivity index (χ3n) is 3.34. The topological polar surface area (TPSA) is 65.5 Å². The molecule has 2 aromatic rings. The molecule has 0 aliphatic heterocycles. The zero-order valence-corrected chi connectivity index (χ0v) is 13.2. The van der Waals surface area contributed by atoms with Crippen LogP contribution in [-0.4, -0.2) is 41.0 Å². The monoisotopic (exact) mass is 317 g/mol. The SMILES string of the molecule is Cc1ccc(NC(=O)CN(C)CC(O)c2ccccc2F)nc1. The highest BCUT2D eigenvalue weighted by molar-refractivity contribution is 5.91. The maximum atomic E-state index is 13.6. The van der Waals surface area contributed by atoms with Gasteiger partial charge < -0.3 is 10.4 Å². The fraction of sp³-hybridized carbons (Fsp3) is 0.294. The highest BCUT2D eigenvalue weighted by atomic mass is 19.1. The molecule has 1 aromatic heterocycles. The van der Waals surface area contributed by atoms with Crippen molar-refractivity contribution in [3.8, 4) is 0 Å². The number of hydrogen-bond donors (Lipinski definition) is 2. The summed E-state index contributed by atoms with van der Waals surface area (Å²) in [6, 6.07) is 9.64. The highest BCUT2D eigenvalue weighted by Gasteiger charge is 2.16. The molecule has 0 fully saturated rings. The van der Waals surface area contributed by atoms with Crippen LogP contribution in [0.4, 0.5) is 10.2 Å². The molecule has 6 heteroatoms. The van der Waals surface area contributed by atoms with E-state index in [-0.39, 0.29) is 24.6 Å². The standard InChI is InChI=1S/C17H20FN3O2/c1-12-7-8-16(19-9-12)20-17(23)11-21(2)10-15(22)13-5-3-4-6-14(13)18/h3-9,15,22H,10-11H2,1-2H3,(H,19,20,23). The molecular formula is C17H20FN3O2. The Kier molecular flexibility index (Phi) is 5.78. The number of aryl methyl sites for hydroxylation is 1. The lowest BCUT2D eigenvalue weighted by atomic mass is 10.1. The Hall–Kier alpha value is -2.31. The van der Waals surface area contributed by atoms with Gasteiger partial charge in [-0.1, -0.05) is 24.3 Å². The summed E-state index contributed by atoms with van der Waals surface area (Å²) in [7, 11) is 1.69. The van der Waals surface area contributed by atoms with E-state index < -0.39 is 11.9 Å². The van der Waals surface area contributed by atoms with Crippen LogP contribution in [0, 0.1) is 12.7 Å². The maximum absolute atomic E-state index is 13.6. The lowest BCUT2D eigenvalue weighted by Gasteiger charge is -2.20. The fourth-order valence-corrected chi connectivity index (χ4v) is 2.17. The average Bonchev–Trinajstić information content (AvgIpc) is 2.49. The first-order chi connectivity index (χ1) is 11.0. The third-order valence-corrected chi connectivity index (χ3v) is 3.34. The molecule has 2 N–H and O–H groups in total. The van der Waals surface area contributed by atoms with Crippen molar-refractivity contribution >= 4 is 11.7 Å². The van der Waals surface area contributed by atoms with Gasteiger partial charge in [-0.05, 0) is 31.7 Å². The van der Waals surface area contributed by atoms with Crippen LogP contribution < -0.4 is 5.32 Å². The molecule has 5 nitrogen and oxygen atoms in total. The Balaban J connectivity index is 1.86. The van der Waals surface area contributed by atoms with Crippen LogP contribution in [0.25, 0.3) is 0 Å². The first-order valence-corrected chi connectivity index (χ1v) is 7.29. The van der Waals surface area contributed by atoms with Gasteiger partial charge in [0.2, 0.25) is 5.91 Å². The van der Waals surface area contributed by atoms with Gasteiger partial charge in [0.25, 0.3) is 0 Å². The van der Waals surface area contributed by atoms with Crippen LogP contribution in [0.1, 0.15) is 17.2 Å². The molecule has 1 atom stereocenters. The van der Waals surface area contributed by atoms with Crippen molar-refractivity contribution < 1.29 is 14.3 Å². The van der Waals surface area contributed by atoms with E-state index in [1.165, 1.54) is 12.1 Å². The summed E-state index contributed by atoms with van der Waals surface area (Å²) in [5, 5.41) is 12.8. The van der Waals surface area contributed by atoms with E-state index in [2.05, 4.69) is 10.3 Å². The highest BCUT2D eigenvalue weighted by Crippen LogP contribution is 2.17. The Morgan fingerprint density at radius 3 is 2.74 bits per heavy atom. The molecule has 23 heavy (non-hydrogen) atoms. The zero-order valence-electron chi connectivity index (χ0n) is 13.2. The number of amides is 1. The summed E-state index contributed by atoms with van der Waals surface area (Å²) in [6.07, 6.45) is 0.674. The summed E-state index contributed by atoms with van der Waals surface area (Å²) in [6.45, 7) is 2.13. The number of benzene rings is 1. The second-order valence-electron chi connectivity index (χ2n) is 5.50. The Morgan fingerprint density at radius 2 is 2.09 bits per heavy atom. The van der Waals surface area contributed by atoms with Gasteiger partial charge in [0.1, 0.15) is 11.6 Å². The second-order valence-corrected chi connectivity index (χ2v) is 5.50. The Labute approximate surface area is 134 Å². The Morgan fingerprint density at radius 1 is 1.35 bits per heavy atom. The number of rotatable bonds is 6. The van der Waals surface area contributed by atoms with Gasteiger partial charge in [0.15, 0.2) is 0 Å². The van der Waals surface area contributed by atoms with Crippen molar-refractivity contribution in [3.63, 3.8) is 0 Å². The first-order valence-electron chi connectivity index (χ1n) is 7.29. The van der Waals surface area contributed by atoms with Gasteiger partial charge in [-0.15, -0.1) is 0 Å². The molecule has 0 saturated heterocycles. The number of carbonyl (C=O) groups is 1. The molecule has 1 aromatic carbocycles. The second kappa shape index (κ2) is 7.80. The first kappa shape index (κ1) is 17.1. The molecule has 122 valence electrons. The summed E-state index contributed by atoms with van der Waals surface area (Å²) < 4.78 is 13.6. The van der Waals surface area contributed by atoms with Crippen molar-refractivity contribution in [2.24, 2.45) is 0 Å². The number of pyridine rings is 1. The number of aliphatic hydroxyl groups excluding tert-OH is 1. The van der Waals surface area contributed by atoms with Gasteiger partial charge in [-0.2, -0.15) is 0 Å². The minimum Gasteiger partial charge on any atom is -0.387 e. The van der Waals surface area contributed by atoms with Crippen LogP contribution in [0.5, 0.6) is 0 Å². The molecule has 0 bridgehead atoms. The van der Waals surface area contributed by atoms with Gasteiger partial charge in [0, 0.05) is 18.3 Å². The molecule has 0 aliphatic carbocycles. The van der Waals surface area contributed by atoms with Crippen molar-refractivity contribution in [2.45, 2.75) is 13.0 Å². The normalized spacial score (nSPS) is 12.2. The molecule has 0 aliphatic rings. The van der Waals surface area contributed by atoms with E-state index in [0.717, 1.165) is 5.56 Å². The van der Waals surface area contributed by atoms with E-state index >= 15 is 0 Å². The van der Waals surface area contributed by atoms with E-state index in [4.69, 9.17) is 0 Å². The van der Waals surface area contributed by atoms with Crippen molar-refractivity contribution in [3.05, 3.63) is 59.5 Å². The molecule has 1 heterocycles. The van der Waals surface area contributed by atoms with Crippen LogP contribution in [0.3, 0.4) is 0 Å². The molecule has 1 unspecified atom stereocenters. The minimum absolute atomic E-state index is 0.0705. The molecule has 0 radical (unpaired) electrons. The smallest absolute Gasteiger partial charge is 0.239 e. The van der Waals surface area contributed by atoms with Crippen LogP contribution in [0.15, 0.2) is 42.6 Å². The van der Waals surface area contributed by atoms with Gasteiger partial charge in [0.05, 0.1) is 12.6 Å². The lowest BCUT2D eigenvalue weighted by Crippen LogP contribution is -2.33. The van der Waals surface area contributed by atoms with Crippen molar-refractivity contribution in [1.29, 1.82) is 0 Å². The van der Waals surface area contributed by atoms with E-state index in [9.17, 15) is 14.3 Å². The van der Waals surface area contributed by atoms with E-state index in [1.54, 1.807) is 36.3 Å². The van der Waals surface area contributed by atoms with Gasteiger partial charge in [-0.25, -0.2) is 9.37 Å². The molecule has 0 spiro atoms. The maximum Gasteiger partial charge on any atom is 0.239 e. The molecule has 2 rings (SSSR count). The minimum atomic E-state index is -0.994. The summed E-state index contributed by atoms with van der Waals surface area (Å²) in [5.41, 5.74) is 1.23. The Bertz CT molecular complexity index is 661. The average molecular weight is 317 g/mol. The fourth-order valence-electron chi connectivity index (χ4n) is 2.17. The third kappa shape index (κ3) is 5.12. The van der Waals surface area contributed by atoms with Crippen molar-refractivity contribution in [1.82, 2.24) is 9.88 Å². The molecular weight excluding hydrogens is 297 g/mol. The number of hydrogen-bond acceptors (Lipinski definition) is 4. The van der Waals surface area contributed by atoms with Crippen LogP contribution >= 0.6 is 0 Å². The quantitative estimate of drug-likeness (QED) is 0.857. The lowest BCUT2D eigenvalue weighted by molar-refractivity contribution is -0.117. The number of anilines is 1. The molecule has 1 amide bonds. The number of likely N-dealkylation sites (N-methyl/N-ethyl adjacent to an activating group) is 1. The number of nitrogens with one attached hydrogen (secondary N) is 1. The van der Waals surface area contributed by atoms with E-state index in [0.29, 0.717) is 5.82 Å². The summed E-state index contributed by atoms with van der Waals surface area (Å²) in [4.78, 5) is 17.7. The largest absolute Gasteiger partial charge is 0.387 e. The van der Waals surface area contributed by atoms with Gasteiger partial charge in [-0.3, -0.25) is 9.69 Å². The zero-order chi connectivity index (χ0) is 16.8. The molecule has 0 saturated carbocycles. The van der Waals surface area contributed by atoms with Gasteiger partial charge >= 0.3 is 0 Å². The summed E-state index contributed by atoms with van der Waals surface area (Å²) >= 11 is 0. The van der Waals surface area contributed by atoms with Crippen molar-refractivity contribution in [2.75, 3.05) is 25.5 Å². The number of nitrogens with zero attached hydrogens (tertiary/aromatic N) is 2.